The Bertz CT molecular complexity index is 355. The zero-order chi connectivity index (χ0) is 11.5. The zero-order valence-electron chi connectivity index (χ0n) is 10.3. The maximum atomic E-state index is 6.40. The number of fused-ring (bicyclic) bond motifs is 1. The van der Waals surface area contributed by atoms with Crippen molar-refractivity contribution in [2.75, 3.05) is 0 Å². The van der Waals surface area contributed by atoms with Crippen LogP contribution in [0.5, 0.6) is 0 Å². The molecule has 90 valence electrons. The summed E-state index contributed by atoms with van der Waals surface area (Å²) in [4.78, 5) is 0. The summed E-state index contributed by atoms with van der Waals surface area (Å²) in [5.74, 6) is 0.708. The number of nitrogens with zero attached hydrogens (tertiary/aromatic N) is 2. The largest absolute Gasteiger partial charge is 0.253 e. The highest BCUT2D eigenvalue weighted by atomic mass is 35.5. The third kappa shape index (κ3) is 2.60. The van der Waals surface area contributed by atoms with Gasteiger partial charge in [-0.15, -0.1) is 0 Å². The van der Waals surface area contributed by atoms with Crippen LogP contribution in [0, 0.1) is 5.92 Å². The molecule has 0 amide bonds. The molecular weight excluding hydrogens is 220 g/mol. The van der Waals surface area contributed by atoms with E-state index in [0.29, 0.717) is 5.92 Å². The van der Waals surface area contributed by atoms with Crippen molar-refractivity contribution < 1.29 is 0 Å². The summed E-state index contributed by atoms with van der Waals surface area (Å²) in [6.07, 6.45) is 7.24. The highest BCUT2D eigenvalue weighted by Crippen LogP contribution is 2.27. The van der Waals surface area contributed by atoms with Crippen molar-refractivity contribution in [2.24, 2.45) is 5.92 Å². The molecule has 1 heterocycles. The van der Waals surface area contributed by atoms with Crippen LogP contribution < -0.4 is 0 Å². The average molecular weight is 241 g/mol. The highest BCUT2D eigenvalue weighted by Gasteiger charge is 2.17. The van der Waals surface area contributed by atoms with Crippen LogP contribution in [-0.4, -0.2) is 9.78 Å². The predicted molar refractivity (Wildman–Crippen MR) is 68.0 cm³/mol. The Labute approximate surface area is 103 Å². The van der Waals surface area contributed by atoms with E-state index in [2.05, 4.69) is 18.9 Å². The van der Waals surface area contributed by atoms with E-state index < -0.39 is 0 Å². The van der Waals surface area contributed by atoms with Gasteiger partial charge in [0.15, 0.2) is 0 Å². The normalized spacial score (nSPS) is 16.2. The van der Waals surface area contributed by atoms with E-state index in [4.69, 9.17) is 11.6 Å². The first-order valence-corrected chi connectivity index (χ1v) is 6.80. The molecular formula is C13H21ClN2. The Hall–Kier alpha value is -0.500. The molecule has 0 bridgehead atoms. The Morgan fingerprint density at radius 3 is 2.75 bits per heavy atom. The molecule has 0 spiro atoms. The van der Waals surface area contributed by atoms with Gasteiger partial charge in [0, 0.05) is 12.1 Å². The van der Waals surface area contributed by atoms with Crippen molar-refractivity contribution in [3.8, 4) is 0 Å². The molecule has 0 saturated heterocycles. The summed E-state index contributed by atoms with van der Waals surface area (Å²) in [7, 11) is 0. The van der Waals surface area contributed by atoms with Crippen LogP contribution in [0.2, 0.25) is 5.15 Å². The van der Waals surface area contributed by atoms with E-state index in [1.165, 1.54) is 30.5 Å². The fraction of sp³-hybridized carbons (Fsp3) is 0.769. The highest BCUT2D eigenvalue weighted by molar-refractivity contribution is 6.30. The molecule has 1 aromatic heterocycles. The van der Waals surface area contributed by atoms with E-state index in [9.17, 15) is 0 Å². The first-order chi connectivity index (χ1) is 7.68. The van der Waals surface area contributed by atoms with Crippen molar-refractivity contribution in [3.05, 3.63) is 16.4 Å². The van der Waals surface area contributed by atoms with Gasteiger partial charge in [0.25, 0.3) is 0 Å². The number of halogens is 1. The topological polar surface area (TPSA) is 17.8 Å². The smallest absolute Gasteiger partial charge is 0.130 e. The molecule has 1 aliphatic carbocycles. The Balaban J connectivity index is 2.15. The van der Waals surface area contributed by atoms with Gasteiger partial charge in [0.05, 0.1) is 5.69 Å². The second kappa shape index (κ2) is 5.22. The number of hydrogen-bond acceptors (Lipinski definition) is 1. The Morgan fingerprint density at radius 2 is 2.00 bits per heavy atom. The van der Waals surface area contributed by atoms with Crippen LogP contribution in [0.15, 0.2) is 0 Å². The number of rotatable bonds is 3. The van der Waals surface area contributed by atoms with E-state index in [1.54, 1.807) is 0 Å². The maximum absolute atomic E-state index is 6.40. The molecule has 0 aliphatic heterocycles. The van der Waals surface area contributed by atoms with Crippen LogP contribution in [0.25, 0.3) is 0 Å². The second-order valence-corrected chi connectivity index (χ2v) is 5.54. The third-order valence-corrected chi connectivity index (χ3v) is 3.75. The molecule has 2 nitrogen and oxygen atoms in total. The number of aryl methyl sites for hydroxylation is 2. The van der Waals surface area contributed by atoms with Gasteiger partial charge in [-0.25, -0.2) is 0 Å². The van der Waals surface area contributed by atoms with Gasteiger partial charge >= 0.3 is 0 Å². The van der Waals surface area contributed by atoms with Crippen molar-refractivity contribution in [3.63, 3.8) is 0 Å². The lowest BCUT2D eigenvalue weighted by Gasteiger charge is -2.06. The third-order valence-electron chi connectivity index (χ3n) is 3.32. The minimum atomic E-state index is 0.708. The van der Waals surface area contributed by atoms with Crippen molar-refractivity contribution in [1.29, 1.82) is 0 Å². The minimum Gasteiger partial charge on any atom is -0.253 e. The lowest BCUT2D eigenvalue weighted by molar-refractivity contribution is 0.483. The van der Waals surface area contributed by atoms with Crippen LogP contribution in [0.4, 0.5) is 0 Å². The molecule has 0 unspecified atom stereocenters. The quantitative estimate of drug-likeness (QED) is 0.734. The maximum Gasteiger partial charge on any atom is 0.130 e. The summed E-state index contributed by atoms with van der Waals surface area (Å²) in [5, 5.41) is 5.57. The molecule has 0 aromatic carbocycles. The Kier molecular flexibility index (Phi) is 3.91. The second-order valence-electron chi connectivity index (χ2n) is 5.18. The van der Waals surface area contributed by atoms with Gasteiger partial charge in [0.1, 0.15) is 5.15 Å². The Morgan fingerprint density at radius 1 is 1.25 bits per heavy atom. The zero-order valence-corrected chi connectivity index (χ0v) is 11.1. The molecule has 0 N–H and O–H groups in total. The molecule has 0 saturated carbocycles. The van der Waals surface area contributed by atoms with Crippen LogP contribution in [0.3, 0.4) is 0 Å². The summed E-state index contributed by atoms with van der Waals surface area (Å²) in [6, 6.07) is 0. The molecule has 0 atom stereocenters. The van der Waals surface area contributed by atoms with Gasteiger partial charge in [-0.1, -0.05) is 31.9 Å². The summed E-state index contributed by atoms with van der Waals surface area (Å²) in [6.45, 7) is 5.44. The van der Waals surface area contributed by atoms with E-state index in [-0.39, 0.29) is 0 Å². The van der Waals surface area contributed by atoms with E-state index in [0.717, 1.165) is 31.0 Å². The van der Waals surface area contributed by atoms with Gasteiger partial charge in [0.2, 0.25) is 0 Å². The first kappa shape index (κ1) is 12.0. The number of hydrogen-bond donors (Lipinski definition) is 0. The monoisotopic (exact) mass is 240 g/mol. The predicted octanol–water partition coefficient (Wildman–Crippen LogP) is 3.85. The van der Waals surface area contributed by atoms with Crippen molar-refractivity contribution in [2.45, 2.75) is 58.9 Å². The van der Waals surface area contributed by atoms with Gasteiger partial charge in [-0.05, 0) is 38.0 Å². The van der Waals surface area contributed by atoms with E-state index >= 15 is 0 Å². The molecule has 2 rings (SSSR count). The first-order valence-electron chi connectivity index (χ1n) is 6.42. The average Bonchev–Trinajstić information content (AvgIpc) is 2.43. The van der Waals surface area contributed by atoms with Crippen molar-refractivity contribution >= 4 is 11.6 Å². The fourth-order valence-electron chi connectivity index (χ4n) is 2.27. The summed E-state index contributed by atoms with van der Waals surface area (Å²) >= 11 is 6.40. The lowest BCUT2D eigenvalue weighted by atomic mass is 10.1. The van der Waals surface area contributed by atoms with E-state index in [1.807, 2.05) is 4.68 Å². The van der Waals surface area contributed by atoms with Gasteiger partial charge < -0.3 is 0 Å². The lowest BCUT2D eigenvalue weighted by Crippen LogP contribution is -2.04. The molecule has 0 fully saturated rings. The SMILES string of the molecule is CC(C)CCn1nc2c(c1Cl)CCCCC2. The minimum absolute atomic E-state index is 0.708. The number of aromatic nitrogens is 2. The summed E-state index contributed by atoms with van der Waals surface area (Å²) in [5.41, 5.74) is 2.58. The summed E-state index contributed by atoms with van der Waals surface area (Å²) < 4.78 is 2.01. The van der Waals surface area contributed by atoms with Crippen LogP contribution in [-0.2, 0) is 19.4 Å². The van der Waals surface area contributed by atoms with Crippen LogP contribution in [0.1, 0.15) is 50.8 Å². The fourth-order valence-corrected chi connectivity index (χ4v) is 2.60. The standard InChI is InChI=1S/C13H21ClN2/c1-10(2)8-9-16-13(14)11-6-4-3-5-7-12(11)15-16/h10H,3-9H2,1-2H3. The molecule has 1 aliphatic rings. The molecule has 16 heavy (non-hydrogen) atoms. The van der Waals surface area contributed by atoms with Gasteiger partial charge in [-0.3, -0.25) is 4.68 Å². The van der Waals surface area contributed by atoms with Gasteiger partial charge in [-0.2, -0.15) is 5.10 Å². The molecule has 3 heteroatoms. The molecule has 1 aromatic rings. The van der Waals surface area contributed by atoms with Crippen molar-refractivity contribution in [1.82, 2.24) is 9.78 Å². The molecule has 0 radical (unpaired) electrons. The van der Waals surface area contributed by atoms with Crippen LogP contribution >= 0.6 is 11.6 Å².